The maximum Gasteiger partial charge on any atom is 0.347 e. The molecule has 10 aliphatic rings. The van der Waals surface area contributed by atoms with Crippen LogP contribution in [0.3, 0.4) is 0 Å². The van der Waals surface area contributed by atoms with Gasteiger partial charge in [0, 0.05) is 75.4 Å². The van der Waals surface area contributed by atoms with Gasteiger partial charge in [-0.2, -0.15) is 0 Å². The van der Waals surface area contributed by atoms with Crippen LogP contribution in [0, 0.1) is 0 Å². The predicted octanol–water partition coefficient (Wildman–Crippen LogP) is 4.41. The second kappa shape index (κ2) is 54.5. The molecule has 776 valence electrons. The number of nitrogens with one attached hydrogen (secondary N) is 14. The molecular weight excluding hydrogens is 1840 g/mol. The number of carbonyl (C=O) groups is 17. The monoisotopic (exact) mass is 1980 g/mol. The average Bonchev–Trinajstić information content (AvgIpc) is 1.64. The van der Waals surface area contributed by atoms with Crippen LogP contribution in [0.4, 0.5) is 5.69 Å². The summed E-state index contributed by atoms with van der Waals surface area (Å²) in [4.78, 5) is 222. The lowest BCUT2D eigenvalue weighted by Crippen LogP contribution is -2.57. The fraction of sp³-hybridized carbons (Fsp3) is 0.567. The Bertz CT molecular complexity index is 5360. The van der Waals surface area contributed by atoms with Crippen LogP contribution in [0.25, 0.3) is 0 Å². The van der Waals surface area contributed by atoms with Crippen molar-refractivity contribution >= 4 is 106 Å². The molecule has 0 aromatic heterocycles. The fourth-order valence-electron chi connectivity index (χ4n) is 19.7. The molecule has 0 aliphatic carbocycles. The maximum absolute atomic E-state index is 13.5. The van der Waals surface area contributed by atoms with Gasteiger partial charge in [-0.1, -0.05) is 125 Å². The highest BCUT2D eigenvalue weighted by atomic mass is 16.6. The second-order valence-electron chi connectivity index (χ2n) is 38.0. The van der Waals surface area contributed by atoms with Gasteiger partial charge in [0.15, 0.2) is 6.10 Å². The molecule has 14 N–H and O–H groups in total. The summed E-state index contributed by atoms with van der Waals surface area (Å²) in [5, 5.41) is 40.0. The number of amides is 14. The molecule has 14 rings (SSSR count). The van der Waals surface area contributed by atoms with Crippen molar-refractivity contribution < 1.29 is 105 Å². The molecule has 143 heavy (non-hydrogen) atoms. The Kier molecular flexibility index (Phi) is 40.3. The molecule has 10 fully saturated rings. The van der Waals surface area contributed by atoms with Gasteiger partial charge in [-0.3, -0.25) is 67.1 Å². The minimum Gasteiger partial charge on any atom is -0.479 e. The van der Waals surface area contributed by atoms with Gasteiger partial charge in [0.25, 0.3) is 0 Å². The van der Waals surface area contributed by atoms with E-state index in [9.17, 15) is 81.5 Å². The summed E-state index contributed by atoms with van der Waals surface area (Å²) in [6, 6.07) is 20.8. The molecule has 0 radical (unpaired) electrons. The van der Waals surface area contributed by atoms with E-state index in [1.54, 1.807) is 136 Å². The van der Waals surface area contributed by atoms with Crippen LogP contribution in [0.1, 0.15) is 237 Å². The van der Waals surface area contributed by atoms with Crippen LogP contribution >= 0.6 is 0 Å². The summed E-state index contributed by atoms with van der Waals surface area (Å²) in [5.41, 5.74) is 4.67. The molecule has 14 amide bonds. The van der Waals surface area contributed by atoms with Crippen molar-refractivity contribution in [1.29, 1.82) is 0 Å². The first-order valence-corrected chi connectivity index (χ1v) is 50.3. The minimum atomic E-state index is -0.897. The molecule has 0 spiro atoms. The number of benzene rings is 4. The van der Waals surface area contributed by atoms with E-state index >= 15 is 0 Å². The highest BCUT2D eigenvalue weighted by molar-refractivity contribution is 6.00. The predicted molar refractivity (Wildman–Crippen MR) is 529 cm³/mol. The van der Waals surface area contributed by atoms with Gasteiger partial charge < -0.3 is 113 Å². The van der Waals surface area contributed by atoms with Crippen LogP contribution in [0.5, 0.6) is 5.75 Å². The van der Waals surface area contributed by atoms with E-state index in [1.165, 1.54) is 6.08 Å². The average molecular weight is 1990 g/mol. The van der Waals surface area contributed by atoms with E-state index in [1.807, 2.05) is 36.4 Å². The maximum atomic E-state index is 13.5. The number of likely N-dealkylation sites (N-methyl/N-ethyl adjacent to an activating group) is 4. The Balaban J connectivity index is 0.000000185. The molecule has 0 bridgehead atoms. The Morgan fingerprint density at radius 1 is 0.392 bits per heavy atom. The van der Waals surface area contributed by atoms with E-state index in [0.717, 1.165) is 119 Å². The van der Waals surface area contributed by atoms with Gasteiger partial charge in [-0.15, -0.1) is 0 Å². The van der Waals surface area contributed by atoms with Crippen LogP contribution in [0.15, 0.2) is 122 Å². The number of nitrogens with zero attached hydrogens (tertiary/aromatic N) is 4. The van der Waals surface area contributed by atoms with E-state index in [0.29, 0.717) is 106 Å². The van der Waals surface area contributed by atoms with Crippen LogP contribution in [-0.4, -0.2) is 270 Å². The van der Waals surface area contributed by atoms with Gasteiger partial charge >= 0.3 is 17.9 Å². The van der Waals surface area contributed by atoms with E-state index < -0.39 is 115 Å². The standard InChI is InChI=1S/C27H36N4O7.C26H37N5O4.C26H36N4O6.C25H35N5O4/c1-16(28-2)23(32)30-20-9-4-3-8-19-10-11-21(31(19)25(20)34)24(33)29-15-17-6-5-7-18(14-17)26(35)38-22-12-13-37-27(22)36;1-4-23(32)28-15-18-8-7-9-19(14-18)16-29-25(34)22-13-12-20-10-5-6-11-21(26(35)31(20)22)30-24(33)17(2)27-3;1-16(27-2)23(31)29-20-9-4-3-7-18-10-11-21(30(18)25(20)33)24(32)28-15-17-6-5-8-19(14-17)36-22-12-13-35-26(22)34;1-4-22(31)28-18-9-7-8-17(14-18)15-27-24(33)21-13-12-19-10-5-6-11-20(25(34)30(19)21)29-23(32)16(2)26-3/h5-7,14,16,19-22,28H,3-4,8-13,15H2,1-2H3,(H,29,33)(H,30,32);4,7-9,14,17,20-22,27H,1,5-6,10-13,15-16H2,2-3H3,(H,28,32)(H,29,34)(H,30,33);5-6,8,14,16,18,20-22,27H,3-4,7,9-13,15H2,1-2H3,(H,28,32)(H,29,31);4,7-9,14,16,19-21,26H,1,5-6,10-13,15H2,2-3H3,(H,27,33)(H,28,31)(H,29,32)/t16-,19-,20-,21-,22?;17-,20-,21-,22-;16-,18-,20-,21-,22?;16-,19-,20-,21-/m0000/s1/i;;;1D2,4D. The molecule has 4 aromatic carbocycles. The smallest absolute Gasteiger partial charge is 0.347 e. The Labute approximate surface area is 840 Å². The quantitative estimate of drug-likeness (QED) is 0.0178. The lowest BCUT2D eigenvalue weighted by molar-refractivity contribution is -0.145. The van der Waals surface area contributed by atoms with E-state index in [2.05, 4.69) is 81.0 Å². The van der Waals surface area contributed by atoms with Crippen molar-refractivity contribution in [2.75, 3.05) is 46.7 Å². The van der Waals surface area contributed by atoms with Gasteiger partial charge in [0.05, 0.1) is 47.1 Å². The van der Waals surface area contributed by atoms with Crippen LogP contribution in [0.2, 0.25) is 0 Å². The zero-order chi connectivity index (χ0) is 105. The number of anilines is 1. The molecule has 10 heterocycles. The molecule has 18 atom stereocenters. The Hall–Kier alpha value is -13.0. The molecular formula is C104H144N18O21. The summed E-state index contributed by atoms with van der Waals surface area (Å²) in [5.74, 6) is -4.72. The van der Waals surface area contributed by atoms with Crippen molar-refractivity contribution in [3.63, 3.8) is 0 Å². The number of ether oxygens (including phenoxy) is 4. The minimum absolute atomic E-state index is 0.0116. The first kappa shape index (κ1) is 106. The van der Waals surface area contributed by atoms with Crippen molar-refractivity contribution in [3.05, 3.63) is 156 Å². The fourth-order valence-corrected chi connectivity index (χ4v) is 19.7. The third kappa shape index (κ3) is 30.8. The molecule has 10 aliphatic heterocycles. The number of fused-ring (bicyclic) bond motifs is 4. The van der Waals surface area contributed by atoms with Crippen LogP contribution < -0.4 is 79.2 Å². The lowest BCUT2D eigenvalue weighted by Gasteiger charge is -2.35. The van der Waals surface area contributed by atoms with Crippen molar-refractivity contribution in [2.45, 2.75) is 336 Å². The summed E-state index contributed by atoms with van der Waals surface area (Å²) in [6.07, 6.45) is 18.7. The Morgan fingerprint density at radius 2 is 0.713 bits per heavy atom. The van der Waals surface area contributed by atoms with Gasteiger partial charge in [0.1, 0.15) is 54.1 Å². The van der Waals surface area contributed by atoms with E-state index in [4.69, 9.17) is 23.1 Å². The zero-order valence-electron chi connectivity index (χ0n) is 86.1. The largest absolute Gasteiger partial charge is 0.479 e. The third-order valence-electron chi connectivity index (χ3n) is 28.3. The summed E-state index contributed by atoms with van der Waals surface area (Å²) in [6.45, 7) is 11.4. The topological polar surface area (TPSA) is 508 Å². The third-order valence-corrected chi connectivity index (χ3v) is 28.3. The lowest BCUT2D eigenvalue weighted by atomic mass is 9.98. The number of rotatable bonds is 33. The van der Waals surface area contributed by atoms with Gasteiger partial charge in [-0.05, 0) is 235 Å². The van der Waals surface area contributed by atoms with Crippen molar-refractivity contribution in [3.8, 4) is 5.75 Å². The zero-order valence-corrected chi connectivity index (χ0v) is 83.1. The summed E-state index contributed by atoms with van der Waals surface area (Å²) in [7, 11) is 6.77. The highest BCUT2D eigenvalue weighted by Gasteiger charge is 2.49. The SMILES string of the molecule is C=CC(=O)NCc1cccc(CNC(=O)[C@@H]2CC[C@@H]3CCCC[C@H](NC(=O)[C@H](C)NC)C(=O)N32)c1.CN[C@@H](C)C(=O)N[C@H]1CCCC[C@H]2CC[C@@H](C(=O)NCc3cccc(C(=O)OC4CCOC4=O)c3)N2C1=O.CN[C@@H](C)C(=O)N[C@H]1CCCC[C@H]2CC[C@@H](C(=O)NCc3cccc(OC4CCOC4=O)c3)N2C1=O.[2H]C([2H])=C([2H])C(=O)Nc1cccc(CNC(=O)[C@@H]2CC[C@@H]3CCCC[C@H](NC(=O)[C@H](C)NC)C(=O)N32)c1. The molecule has 39 heteroatoms. The summed E-state index contributed by atoms with van der Waals surface area (Å²) >= 11 is 0. The van der Waals surface area contributed by atoms with Gasteiger partial charge in [-0.25, -0.2) is 14.4 Å². The summed E-state index contributed by atoms with van der Waals surface area (Å²) < 4.78 is 42.4. The van der Waals surface area contributed by atoms with Crippen LogP contribution in [-0.2, 0) is 124 Å². The van der Waals surface area contributed by atoms with E-state index in [-0.39, 0.29) is 139 Å². The molecule has 39 nitrogen and oxygen atoms in total. The molecule has 0 saturated carbocycles. The number of hydrogen-bond acceptors (Lipinski definition) is 25. The first-order valence-electron chi connectivity index (χ1n) is 51.8. The number of carbonyl (C=O) groups excluding carboxylic acids is 17. The molecule has 4 aromatic rings. The van der Waals surface area contributed by atoms with Crippen molar-refractivity contribution in [2.24, 2.45) is 0 Å². The number of esters is 3. The molecule has 10 saturated heterocycles. The first-order chi connectivity index (χ1) is 70.1. The number of cyclic esters (lactones) is 2. The Morgan fingerprint density at radius 3 is 1.06 bits per heavy atom. The second-order valence-corrected chi connectivity index (χ2v) is 38.0. The van der Waals surface area contributed by atoms with Crippen molar-refractivity contribution in [1.82, 2.24) is 88.7 Å². The highest BCUT2D eigenvalue weighted by Crippen LogP contribution is 2.37. The molecule has 2 unspecified atom stereocenters. The van der Waals surface area contributed by atoms with Gasteiger partial charge in [0.2, 0.25) is 88.8 Å². The normalized spacial score (nSPS) is 25.0. The number of hydrogen-bond donors (Lipinski definition) is 14.